The molecular weight excluding hydrogens is 711 g/mol. The van der Waals surface area contributed by atoms with Gasteiger partial charge in [0.05, 0.1) is 5.41 Å². The van der Waals surface area contributed by atoms with Crippen LogP contribution in [0, 0.1) is 0 Å². The van der Waals surface area contributed by atoms with Crippen LogP contribution in [0.5, 0.6) is 0 Å². The minimum Gasteiger partial charge on any atom is -0.310 e. The maximum atomic E-state index is 2.42. The Kier molecular flexibility index (Phi) is 8.13. The molecule has 0 aromatic heterocycles. The van der Waals surface area contributed by atoms with Crippen molar-refractivity contribution >= 4 is 17.1 Å². The molecule has 1 nitrogen and oxygen atoms in total. The monoisotopic (exact) mass is 753 g/mol. The summed E-state index contributed by atoms with van der Waals surface area (Å²) in [6.45, 7) is 4.71. The van der Waals surface area contributed by atoms with Gasteiger partial charge < -0.3 is 4.90 Å². The van der Waals surface area contributed by atoms with Gasteiger partial charge in [0.2, 0.25) is 0 Å². The highest BCUT2D eigenvalue weighted by molar-refractivity contribution is 5.96. The SMILES string of the molecule is CC1(C)c2ccccc2-c2ccc(N(c3ccccc3)c3cccc(-c4cccc5c4-c4ccccc4C5(c4ccccc4)c4ccc(-c5ccccc5)cc4)c3)cc21. The minimum atomic E-state index is -0.499. The number of anilines is 3. The van der Waals surface area contributed by atoms with Crippen molar-refractivity contribution in [3.8, 4) is 44.5 Å². The Hall–Kier alpha value is -7.22. The summed E-state index contributed by atoms with van der Waals surface area (Å²) in [4.78, 5) is 2.42. The highest BCUT2D eigenvalue weighted by Crippen LogP contribution is 2.59. The molecule has 1 unspecified atom stereocenters. The van der Waals surface area contributed by atoms with E-state index in [4.69, 9.17) is 0 Å². The lowest BCUT2D eigenvalue weighted by Gasteiger charge is -2.34. The summed E-state index contributed by atoms with van der Waals surface area (Å²) in [6.07, 6.45) is 0. The van der Waals surface area contributed by atoms with Crippen molar-refractivity contribution in [2.45, 2.75) is 24.7 Å². The van der Waals surface area contributed by atoms with Gasteiger partial charge in [-0.25, -0.2) is 0 Å². The van der Waals surface area contributed by atoms with E-state index in [0.29, 0.717) is 0 Å². The van der Waals surface area contributed by atoms with E-state index in [9.17, 15) is 0 Å². The Morgan fingerprint density at radius 2 is 0.814 bits per heavy atom. The third kappa shape index (κ3) is 5.39. The van der Waals surface area contributed by atoms with Crippen molar-refractivity contribution < 1.29 is 0 Å². The molecule has 0 saturated heterocycles. The Morgan fingerprint density at radius 3 is 1.58 bits per heavy atom. The second-order valence-corrected chi connectivity index (χ2v) is 16.5. The van der Waals surface area contributed by atoms with E-state index in [0.717, 1.165) is 17.1 Å². The van der Waals surface area contributed by atoms with Crippen molar-refractivity contribution in [2.75, 3.05) is 4.90 Å². The van der Waals surface area contributed by atoms with Crippen LogP contribution in [0.25, 0.3) is 44.5 Å². The molecule has 0 bridgehead atoms. The van der Waals surface area contributed by atoms with Gasteiger partial charge in [0.1, 0.15) is 0 Å². The minimum absolute atomic E-state index is 0.1000. The van der Waals surface area contributed by atoms with Crippen molar-refractivity contribution in [1.82, 2.24) is 0 Å². The summed E-state index contributed by atoms with van der Waals surface area (Å²) >= 11 is 0. The molecule has 1 heteroatoms. The first-order valence-electron chi connectivity index (χ1n) is 20.7. The highest BCUT2D eigenvalue weighted by Gasteiger charge is 2.47. The molecule has 0 aliphatic heterocycles. The molecule has 11 rings (SSSR count). The molecule has 0 amide bonds. The Labute approximate surface area is 347 Å². The van der Waals surface area contributed by atoms with E-state index in [1.807, 2.05) is 0 Å². The molecule has 0 spiro atoms. The largest absolute Gasteiger partial charge is 0.310 e. The molecule has 59 heavy (non-hydrogen) atoms. The van der Waals surface area contributed by atoms with Crippen molar-refractivity contribution in [1.29, 1.82) is 0 Å². The number of fused-ring (bicyclic) bond motifs is 6. The van der Waals surface area contributed by atoms with Crippen LogP contribution in [0.4, 0.5) is 17.1 Å². The zero-order valence-electron chi connectivity index (χ0n) is 33.3. The molecule has 1 atom stereocenters. The standard InChI is InChI=1S/C58H43N/c1-57(2)52-29-14-12-26-49(52)50-37-36-47(39-55(50)57)59(45-23-10-5-11-24-45)46-25-16-20-42(38-46)48-28-17-31-54-56(48)51-27-13-15-30-53(51)58(54,43-21-8-4-9-22-43)44-34-32-41(33-35-44)40-18-6-3-7-19-40/h3-39H,1-2H3. The van der Waals surface area contributed by atoms with Gasteiger partial charge in [-0.05, 0) is 114 Å². The molecule has 9 aromatic carbocycles. The quantitative estimate of drug-likeness (QED) is 0.157. The summed E-state index contributed by atoms with van der Waals surface area (Å²) in [7, 11) is 0. The number of hydrogen-bond acceptors (Lipinski definition) is 1. The van der Waals surface area contributed by atoms with E-state index >= 15 is 0 Å². The lowest BCUT2D eigenvalue weighted by molar-refractivity contribution is 0.660. The molecule has 0 heterocycles. The first-order chi connectivity index (χ1) is 29.0. The van der Waals surface area contributed by atoms with Crippen LogP contribution in [0.2, 0.25) is 0 Å². The average molecular weight is 754 g/mol. The number of rotatable bonds is 7. The van der Waals surface area contributed by atoms with Crippen LogP contribution in [-0.2, 0) is 10.8 Å². The fourth-order valence-corrected chi connectivity index (χ4v) is 10.3. The third-order valence-electron chi connectivity index (χ3n) is 13.0. The number of nitrogens with zero attached hydrogens (tertiary/aromatic N) is 1. The van der Waals surface area contributed by atoms with Crippen molar-refractivity contribution in [2.24, 2.45) is 0 Å². The van der Waals surface area contributed by atoms with Gasteiger partial charge in [-0.2, -0.15) is 0 Å². The lowest BCUT2D eigenvalue weighted by Crippen LogP contribution is -2.28. The first-order valence-corrected chi connectivity index (χ1v) is 20.7. The number of para-hydroxylation sites is 1. The van der Waals surface area contributed by atoms with Gasteiger partial charge in [-0.1, -0.05) is 202 Å². The molecule has 2 aliphatic carbocycles. The fourth-order valence-electron chi connectivity index (χ4n) is 10.3. The third-order valence-corrected chi connectivity index (χ3v) is 13.0. The average Bonchev–Trinajstić information content (AvgIpc) is 3.73. The van der Waals surface area contributed by atoms with Crippen LogP contribution < -0.4 is 4.90 Å². The van der Waals surface area contributed by atoms with Crippen LogP contribution >= 0.6 is 0 Å². The Bertz CT molecular complexity index is 3000. The summed E-state index contributed by atoms with van der Waals surface area (Å²) in [5, 5.41) is 0. The summed E-state index contributed by atoms with van der Waals surface area (Å²) in [6, 6.07) is 82.9. The van der Waals surface area contributed by atoms with Gasteiger partial charge in [0.25, 0.3) is 0 Å². The van der Waals surface area contributed by atoms with E-state index in [1.165, 1.54) is 77.9 Å². The molecular formula is C58H43N. The fraction of sp³-hybridized carbons (Fsp3) is 0.0690. The molecule has 9 aromatic rings. The summed E-state index contributed by atoms with van der Waals surface area (Å²) < 4.78 is 0. The normalized spacial score (nSPS) is 15.5. The lowest BCUT2D eigenvalue weighted by atomic mass is 9.67. The number of hydrogen-bond donors (Lipinski definition) is 0. The second kappa shape index (κ2) is 13.7. The van der Waals surface area contributed by atoms with E-state index in [2.05, 4.69) is 243 Å². The highest BCUT2D eigenvalue weighted by atomic mass is 15.1. The molecule has 0 fully saturated rings. The van der Waals surface area contributed by atoms with Crippen molar-refractivity contribution in [3.63, 3.8) is 0 Å². The maximum absolute atomic E-state index is 2.42. The van der Waals surface area contributed by atoms with E-state index in [-0.39, 0.29) is 5.41 Å². The molecule has 2 aliphatic rings. The zero-order chi connectivity index (χ0) is 39.6. The van der Waals surface area contributed by atoms with Gasteiger partial charge in [0.15, 0.2) is 0 Å². The molecule has 0 N–H and O–H groups in total. The Morgan fingerprint density at radius 1 is 0.305 bits per heavy atom. The van der Waals surface area contributed by atoms with Gasteiger partial charge in [-0.15, -0.1) is 0 Å². The van der Waals surface area contributed by atoms with Crippen LogP contribution in [0.1, 0.15) is 47.2 Å². The van der Waals surface area contributed by atoms with Gasteiger partial charge >= 0.3 is 0 Å². The predicted octanol–water partition coefficient (Wildman–Crippen LogP) is 15.2. The van der Waals surface area contributed by atoms with Crippen molar-refractivity contribution in [3.05, 3.63) is 258 Å². The molecule has 0 radical (unpaired) electrons. The first kappa shape index (κ1) is 35.0. The van der Waals surface area contributed by atoms with Crippen LogP contribution in [0.15, 0.2) is 224 Å². The second-order valence-electron chi connectivity index (χ2n) is 16.5. The van der Waals surface area contributed by atoms with E-state index < -0.39 is 5.41 Å². The zero-order valence-corrected chi connectivity index (χ0v) is 33.3. The Balaban J connectivity index is 1.09. The predicted molar refractivity (Wildman–Crippen MR) is 247 cm³/mol. The molecule has 280 valence electrons. The summed E-state index contributed by atoms with van der Waals surface area (Å²) in [5.41, 5.74) is 20.8. The van der Waals surface area contributed by atoms with Gasteiger partial charge in [-0.3, -0.25) is 0 Å². The maximum Gasteiger partial charge on any atom is 0.0713 e. The summed E-state index contributed by atoms with van der Waals surface area (Å²) in [5.74, 6) is 0. The van der Waals surface area contributed by atoms with E-state index in [1.54, 1.807) is 0 Å². The van der Waals surface area contributed by atoms with Gasteiger partial charge in [0, 0.05) is 22.5 Å². The van der Waals surface area contributed by atoms with Crippen LogP contribution in [0.3, 0.4) is 0 Å². The number of benzene rings is 9. The van der Waals surface area contributed by atoms with Crippen LogP contribution in [-0.4, -0.2) is 0 Å². The smallest absolute Gasteiger partial charge is 0.0713 e. The molecule has 0 saturated carbocycles. The topological polar surface area (TPSA) is 3.24 Å².